The second-order valence-corrected chi connectivity index (χ2v) is 8.96. The average molecular weight is 474 g/mol. The third-order valence-corrected chi connectivity index (χ3v) is 5.07. The molecule has 0 aliphatic heterocycles. The monoisotopic (exact) mass is 473 g/mol. The lowest BCUT2D eigenvalue weighted by Gasteiger charge is -2.20. The van der Waals surface area contributed by atoms with E-state index in [0.29, 0.717) is 22.2 Å². The van der Waals surface area contributed by atoms with Gasteiger partial charge in [-0.3, -0.25) is 14.0 Å². The summed E-state index contributed by atoms with van der Waals surface area (Å²) in [5, 5.41) is 0.00898. The quantitative estimate of drug-likeness (QED) is 0.483. The van der Waals surface area contributed by atoms with Crippen LogP contribution in [0.1, 0.15) is 54.7 Å². The fourth-order valence-electron chi connectivity index (χ4n) is 3.45. The first kappa shape index (κ1) is 24.5. The fraction of sp³-hybridized carbons (Fsp3) is 0.320. The van der Waals surface area contributed by atoms with E-state index in [1.807, 2.05) is 0 Å². The zero-order valence-electron chi connectivity index (χ0n) is 18.9. The van der Waals surface area contributed by atoms with E-state index in [4.69, 9.17) is 21.1 Å². The summed E-state index contributed by atoms with van der Waals surface area (Å²) < 4.78 is 26.1. The number of halogens is 2. The molecule has 0 unspecified atom stereocenters. The summed E-state index contributed by atoms with van der Waals surface area (Å²) in [5.41, 5.74) is 0.391. The Kier molecular flexibility index (Phi) is 7.22. The van der Waals surface area contributed by atoms with Crippen LogP contribution in [-0.2, 0) is 27.1 Å². The lowest BCUT2D eigenvalue weighted by Crippen LogP contribution is -2.27. The predicted octanol–water partition coefficient (Wildman–Crippen LogP) is 4.74. The van der Waals surface area contributed by atoms with Crippen molar-refractivity contribution in [2.45, 2.75) is 46.1 Å². The highest BCUT2D eigenvalue weighted by atomic mass is 35.5. The molecule has 0 fully saturated rings. The molecule has 0 atom stereocenters. The molecule has 0 saturated heterocycles. The second-order valence-electron chi connectivity index (χ2n) is 8.55. The first-order valence-electron chi connectivity index (χ1n) is 10.5. The van der Waals surface area contributed by atoms with E-state index in [9.17, 15) is 18.8 Å². The van der Waals surface area contributed by atoms with Gasteiger partial charge in [0.2, 0.25) is 0 Å². The van der Waals surface area contributed by atoms with Crippen LogP contribution in [0.2, 0.25) is 5.02 Å². The maximum absolute atomic E-state index is 14.4. The Morgan fingerprint density at radius 2 is 1.85 bits per heavy atom. The molecular formula is C25H25ClFNO5. The van der Waals surface area contributed by atoms with Gasteiger partial charge in [-0.1, -0.05) is 29.8 Å². The number of fused-ring (bicyclic) bond motifs is 1. The van der Waals surface area contributed by atoms with Gasteiger partial charge in [-0.05, 0) is 62.6 Å². The van der Waals surface area contributed by atoms with E-state index in [0.717, 1.165) is 0 Å². The van der Waals surface area contributed by atoms with Crippen LogP contribution in [-0.4, -0.2) is 28.5 Å². The van der Waals surface area contributed by atoms with Gasteiger partial charge in [-0.15, -0.1) is 0 Å². The Labute approximate surface area is 195 Å². The SMILES string of the molecule is CCOC(=O)c1cc(CC(=O)OC(C)(C)C)c2ccc(Cc3cccc(Cl)c3F)cn2c1=O. The standard InChI is InChI=1S/C25H25ClFNO5/c1-5-32-24(31)18-12-17(13-21(29)33-25(2,3)4)20-10-9-15(14-28(20)23(18)30)11-16-7-6-8-19(26)22(16)27/h6-10,12,14H,5,11,13H2,1-4H3. The molecule has 8 heteroatoms. The van der Waals surface area contributed by atoms with Crippen LogP contribution in [0.5, 0.6) is 0 Å². The molecule has 3 aromatic rings. The molecule has 0 bridgehead atoms. The van der Waals surface area contributed by atoms with E-state index in [-0.39, 0.29) is 30.0 Å². The normalized spacial score (nSPS) is 11.5. The van der Waals surface area contributed by atoms with Gasteiger partial charge in [-0.2, -0.15) is 0 Å². The molecule has 2 aromatic heterocycles. The Morgan fingerprint density at radius 1 is 1.12 bits per heavy atom. The molecule has 0 amide bonds. The summed E-state index contributed by atoms with van der Waals surface area (Å²) in [6, 6.07) is 9.48. The summed E-state index contributed by atoms with van der Waals surface area (Å²) >= 11 is 5.88. The number of aromatic nitrogens is 1. The first-order valence-corrected chi connectivity index (χ1v) is 10.9. The van der Waals surface area contributed by atoms with Gasteiger partial charge >= 0.3 is 11.9 Å². The van der Waals surface area contributed by atoms with Crippen molar-refractivity contribution >= 4 is 29.1 Å². The van der Waals surface area contributed by atoms with Crippen molar-refractivity contribution in [3.8, 4) is 0 Å². The zero-order valence-corrected chi connectivity index (χ0v) is 19.7. The highest BCUT2D eigenvalue weighted by molar-refractivity contribution is 6.30. The maximum Gasteiger partial charge on any atom is 0.343 e. The number of nitrogens with zero attached hydrogens (tertiary/aromatic N) is 1. The average Bonchev–Trinajstić information content (AvgIpc) is 2.72. The molecule has 2 heterocycles. The molecule has 174 valence electrons. The van der Waals surface area contributed by atoms with Crippen LogP contribution >= 0.6 is 11.6 Å². The number of hydrogen-bond donors (Lipinski definition) is 0. The number of benzene rings is 1. The van der Waals surface area contributed by atoms with E-state index in [1.54, 1.807) is 52.0 Å². The first-order chi connectivity index (χ1) is 15.5. The van der Waals surface area contributed by atoms with Crippen molar-refractivity contribution in [3.63, 3.8) is 0 Å². The summed E-state index contributed by atoms with van der Waals surface area (Å²) in [5.74, 6) is -1.81. The Hall–Kier alpha value is -3.19. The number of esters is 2. The maximum atomic E-state index is 14.4. The molecule has 0 saturated carbocycles. The van der Waals surface area contributed by atoms with Crippen LogP contribution in [0.4, 0.5) is 4.39 Å². The third kappa shape index (κ3) is 5.79. The van der Waals surface area contributed by atoms with Crippen molar-refractivity contribution < 1.29 is 23.5 Å². The molecule has 0 spiro atoms. The van der Waals surface area contributed by atoms with Gasteiger partial charge in [0.25, 0.3) is 5.56 Å². The van der Waals surface area contributed by atoms with Crippen LogP contribution in [0, 0.1) is 5.82 Å². The predicted molar refractivity (Wildman–Crippen MR) is 123 cm³/mol. The molecule has 3 rings (SSSR count). The summed E-state index contributed by atoms with van der Waals surface area (Å²) in [7, 11) is 0. The zero-order chi connectivity index (χ0) is 24.3. The second kappa shape index (κ2) is 9.75. The van der Waals surface area contributed by atoms with Crippen LogP contribution < -0.4 is 5.56 Å². The van der Waals surface area contributed by atoms with Crippen molar-refractivity contribution in [2.75, 3.05) is 6.61 Å². The molecular weight excluding hydrogens is 449 g/mol. The lowest BCUT2D eigenvalue weighted by molar-refractivity contribution is -0.153. The molecule has 0 N–H and O–H groups in total. The Morgan fingerprint density at radius 3 is 2.52 bits per heavy atom. The van der Waals surface area contributed by atoms with Gasteiger partial charge in [0.1, 0.15) is 17.0 Å². The van der Waals surface area contributed by atoms with Gasteiger partial charge in [0.05, 0.1) is 23.6 Å². The highest BCUT2D eigenvalue weighted by Crippen LogP contribution is 2.22. The Bertz CT molecular complexity index is 1280. The minimum atomic E-state index is -0.784. The number of carbonyl (C=O) groups is 2. The van der Waals surface area contributed by atoms with Crippen LogP contribution in [0.25, 0.3) is 5.52 Å². The number of hydrogen-bond acceptors (Lipinski definition) is 5. The summed E-state index contributed by atoms with van der Waals surface area (Å²) in [6.07, 6.45) is 1.56. The number of carbonyl (C=O) groups excluding carboxylic acids is 2. The fourth-order valence-corrected chi connectivity index (χ4v) is 3.65. The molecule has 6 nitrogen and oxygen atoms in total. The highest BCUT2D eigenvalue weighted by Gasteiger charge is 2.21. The van der Waals surface area contributed by atoms with Crippen LogP contribution in [0.15, 0.2) is 47.4 Å². The number of ether oxygens (including phenoxy) is 2. The van der Waals surface area contributed by atoms with Gasteiger partial charge in [-0.25, -0.2) is 9.18 Å². The van der Waals surface area contributed by atoms with E-state index >= 15 is 0 Å². The number of pyridine rings is 2. The third-order valence-electron chi connectivity index (χ3n) is 4.78. The van der Waals surface area contributed by atoms with Crippen molar-refractivity contribution in [1.29, 1.82) is 0 Å². The molecule has 0 radical (unpaired) electrons. The largest absolute Gasteiger partial charge is 0.462 e. The topological polar surface area (TPSA) is 74.1 Å². The van der Waals surface area contributed by atoms with Crippen molar-refractivity contribution in [1.82, 2.24) is 4.40 Å². The molecule has 0 aliphatic carbocycles. The smallest absolute Gasteiger partial charge is 0.343 e. The van der Waals surface area contributed by atoms with Gasteiger partial charge in [0, 0.05) is 12.6 Å². The lowest BCUT2D eigenvalue weighted by atomic mass is 10.0. The van der Waals surface area contributed by atoms with Gasteiger partial charge in [0.15, 0.2) is 0 Å². The molecule has 1 aromatic carbocycles. The Balaban J connectivity index is 2.11. The van der Waals surface area contributed by atoms with E-state index < -0.39 is 28.9 Å². The summed E-state index contributed by atoms with van der Waals surface area (Å²) in [4.78, 5) is 38.0. The van der Waals surface area contributed by atoms with Crippen LogP contribution in [0.3, 0.4) is 0 Å². The molecule has 33 heavy (non-hydrogen) atoms. The van der Waals surface area contributed by atoms with E-state index in [2.05, 4.69) is 0 Å². The number of rotatable bonds is 6. The molecule has 0 aliphatic rings. The van der Waals surface area contributed by atoms with E-state index in [1.165, 1.54) is 22.7 Å². The minimum absolute atomic E-state index is 0.00898. The van der Waals surface area contributed by atoms with Crippen molar-refractivity contribution in [3.05, 3.63) is 86.0 Å². The summed E-state index contributed by atoms with van der Waals surface area (Å²) in [6.45, 7) is 6.99. The van der Waals surface area contributed by atoms with Crippen molar-refractivity contribution in [2.24, 2.45) is 0 Å². The minimum Gasteiger partial charge on any atom is -0.462 e. The van der Waals surface area contributed by atoms with Gasteiger partial charge < -0.3 is 9.47 Å².